The predicted molar refractivity (Wildman–Crippen MR) is 102 cm³/mol. The number of fused-ring (bicyclic) bond motifs is 1. The van der Waals surface area contributed by atoms with Crippen molar-refractivity contribution in [3.05, 3.63) is 61.2 Å². The summed E-state index contributed by atoms with van der Waals surface area (Å²) < 4.78 is 28.8. The number of thioether (sulfide) groups is 1. The Morgan fingerprint density at radius 3 is 2.64 bits per heavy atom. The molecule has 0 fully saturated rings. The summed E-state index contributed by atoms with van der Waals surface area (Å²) in [5, 5.41) is 6.91. The lowest BCUT2D eigenvalue weighted by atomic mass is 10.3. The third-order valence-electron chi connectivity index (χ3n) is 3.95. The van der Waals surface area contributed by atoms with E-state index in [1.165, 1.54) is 10.9 Å². The van der Waals surface area contributed by atoms with E-state index < -0.39 is 5.76 Å². The maximum Gasteiger partial charge on any atom is 0.291 e. The Bertz CT molecular complexity index is 1100. The van der Waals surface area contributed by atoms with Crippen LogP contribution in [0.2, 0.25) is 0 Å². The summed E-state index contributed by atoms with van der Waals surface area (Å²) in [5.74, 6) is -2.96. The first kappa shape index (κ1) is 18.1. The first-order chi connectivity index (χ1) is 13.6. The third kappa shape index (κ3) is 3.86. The SMILES string of the molecule is O=C(Cn1c(SC(F)F)nc2ccccc21)Nc1ccc(-n2cncn2)cc1. The number of nitrogens with one attached hydrogen (secondary N) is 1. The first-order valence-corrected chi connectivity index (χ1v) is 9.13. The number of halogens is 2. The van der Waals surface area contributed by atoms with Gasteiger partial charge < -0.3 is 9.88 Å². The Hall–Kier alpha value is -3.27. The summed E-state index contributed by atoms with van der Waals surface area (Å²) >= 11 is 0.322. The molecule has 28 heavy (non-hydrogen) atoms. The van der Waals surface area contributed by atoms with Gasteiger partial charge in [0.1, 0.15) is 19.2 Å². The predicted octanol–water partition coefficient (Wildman–Crippen LogP) is 3.57. The van der Waals surface area contributed by atoms with Gasteiger partial charge in [-0.2, -0.15) is 13.9 Å². The number of nitrogens with zero attached hydrogens (tertiary/aromatic N) is 5. The molecule has 0 bridgehead atoms. The Balaban J connectivity index is 1.52. The van der Waals surface area contributed by atoms with Gasteiger partial charge in [-0.15, -0.1) is 0 Å². The van der Waals surface area contributed by atoms with Gasteiger partial charge >= 0.3 is 0 Å². The summed E-state index contributed by atoms with van der Waals surface area (Å²) in [4.78, 5) is 20.6. The second-order valence-electron chi connectivity index (χ2n) is 5.78. The van der Waals surface area contributed by atoms with Gasteiger partial charge in [-0.3, -0.25) is 4.79 Å². The zero-order valence-electron chi connectivity index (χ0n) is 14.4. The second kappa shape index (κ2) is 7.77. The van der Waals surface area contributed by atoms with Gasteiger partial charge in [0.2, 0.25) is 5.91 Å². The maximum absolute atomic E-state index is 12.9. The van der Waals surface area contributed by atoms with Crippen molar-refractivity contribution in [2.75, 3.05) is 5.32 Å². The molecule has 0 spiro atoms. The second-order valence-corrected chi connectivity index (χ2v) is 6.74. The number of anilines is 1. The van der Waals surface area contributed by atoms with Gasteiger partial charge in [0.05, 0.1) is 16.7 Å². The summed E-state index contributed by atoms with van der Waals surface area (Å²) in [6.07, 6.45) is 3.00. The molecule has 4 aromatic rings. The van der Waals surface area contributed by atoms with Gasteiger partial charge in [-0.1, -0.05) is 12.1 Å². The van der Waals surface area contributed by atoms with Crippen LogP contribution < -0.4 is 5.32 Å². The van der Waals surface area contributed by atoms with Crippen LogP contribution in [0.5, 0.6) is 0 Å². The average Bonchev–Trinajstić information content (AvgIpc) is 3.31. The molecule has 2 heterocycles. The smallest absolute Gasteiger partial charge is 0.291 e. The number of aromatic nitrogens is 5. The highest BCUT2D eigenvalue weighted by molar-refractivity contribution is 7.99. The summed E-state index contributed by atoms with van der Waals surface area (Å²) in [5.41, 5.74) is 2.58. The molecule has 0 aliphatic rings. The molecule has 2 aromatic carbocycles. The molecule has 142 valence electrons. The molecule has 7 nitrogen and oxygen atoms in total. The van der Waals surface area contributed by atoms with Gasteiger partial charge in [0.25, 0.3) is 5.76 Å². The number of hydrogen-bond acceptors (Lipinski definition) is 5. The van der Waals surface area contributed by atoms with E-state index in [0.717, 1.165) is 5.69 Å². The standard InChI is InChI=1S/C18H14F2N6OS/c19-17(20)28-18-24-14-3-1-2-4-15(14)25(18)9-16(27)23-12-5-7-13(8-6-12)26-11-21-10-22-26/h1-8,10-11,17H,9H2,(H,23,27). The van der Waals surface area contributed by atoms with Crippen molar-refractivity contribution < 1.29 is 13.6 Å². The minimum atomic E-state index is -2.62. The van der Waals surface area contributed by atoms with Gasteiger partial charge in [-0.05, 0) is 48.2 Å². The van der Waals surface area contributed by atoms with E-state index >= 15 is 0 Å². The van der Waals surface area contributed by atoms with Crippen molar-refractivity contribution in [3.8, 4) is 5.69 Å². The largest absolute Gasteiger partial charge is 0.325 e. The molecule has 0 saturated carbocycles. The fraction of sp³-hybridized carbons (Fsp3) is 0.111. The molecule has 4 rings (SSSR count). The number of benzene rings is 2. The number of imidazole rings is 1. The fourth-order valence-electron chi connectivity index (χ4n) is 2.76. The van der Waals surface area contributed by atoms with E-state index in [0.29, 0.717) is 28.5 Å². The van der Waals surface area contributed by atoms with Crippen molar-refractivity contribution in [3.63, 3.8) is 0 Å². The number of carbonyl (C=O) groups is 1. The summed E-state index contributed by atoms with van der Waals surface area (Å²) in [7, 11) is 0. The van der Waals surface area contributed by atoms with E-state index in [1.54, 1.807) is 59.5 Å². The number of alkyl halides is 2. The lowest BCUT2D eigenvalue weighted by Crippen LogP contribution is -2.19. The lowest BCUT2D eigenvalue weighted by Gasteiger charge is -2.10. The molecule has 1 N–H and O–H groups in total. The van der Waals surface area contributed by atoms with Gasteiger partial charge in [-0.25, -0.2) is 14.6 Å². The molecule has 0 atom stereocenters. The van der Waals surface area contributed by atoms with Crippen LogP contribution in [0, 0.1) is 0 Å². The van der Waals surface area contributed by atoms with Crippen LogP contribution in [0.4, 0.5) is 14.5 Å². The van der Waals surface area contributed by atoms with Crippen molar-refractivity contribution >= 4 is 34.4 Å². The van der Waals surface area contributed by atoms with E-state index in [-0.39, 0.29) is 17.6 Å². The van der Waals surface area contributed by atoms with Gasteiger partial charge in [0.15, 0.2) is 5.16 Å². The van der Waals surface area contributed by atoms with Crippen LogP contribution in [-0.2, 0) is 11.3 Å². The normalized spacial score (nSPS) is 11.2. The lowest BCUT2D eigenvalue weighted by molar-refractivity contribution is -0.116. The van der Waals surface area contributed by atoms with Crippen molar-refractivity contribution in [1.82, 2.24) is 24.3 Å². The zero-order valence-corrected chi connectivity index (χ0v) is 15.2. The summed E-state index contributed by atoms with van der Waals surface area (Å²) in [6.45, 7) is -0.125. The van der Waals surface area contributed by atoms with Crippen LogP contribution in [0.25, 0.3) is 16.7 Å². The fourth-order valence-corrected chi connectivity index (χ4v) is 3.36. The highest BCUT2D eigenvalue weighted by Crippen LogP contribution is 2.28. The van der Waals surface area contributed by atoms with Crippen LogP contribution in [-0.4, -0.2) is 36.0 Å². The Morgan fingerprint density at radius 2 is 1.93 bits per heavy atom. The monoisotopic (exact) mass is 400 g/mol. The average molecular weight is 400 g/mol. The number of hydrogen-bond donors (Lipinski definition) is 1. The van der Waals surface area contributed by atoms with Crippen LogP contribution in [0.15, 0.2) is 66.3 Å². The van der Waals surface area contributed by atoms with E-state index in [2.05, 4.69) is 20.4 Å². The van der Waals surface area contributed by atoms with E-state index in [4.69, 9.17) is 0 Å². The third-order valence-corrected chi connectivity index (χ3v) is 4.65. The molecule has 0 aliphatic heterocycles. The minimum Gasteiger partial charge on any atom is -0.325 e. The van der Waals surface area contributed by atoms with Crippen LogP contribution in [0.1, 0.15) is 0 Å². The van der Waals surface area contributed by atoms with Crippen LogP contribution >= 0.6 is 11.8 Å². The Labute approximate surface area is 162 Å². The highest BCUT2D eigenvalue weighted by atomic mass is 32.2. The molecule has 0 unspecified atom stereocenters. The first-order valence-electron chi connectivity index (χ1n) is 8.25. The Kier molecular flexibility index (Phi) is 5.02. The molecule has 2 aromatic heterocycles. The summed E-state index contributed by atoms with van der Waals surface area (Å²) in [6, 6.07) is 14.1. The highest BCUT2D eigenvalue weighted by Gasteiger charge is 2.17. The Morgan fingerprint density at radius 1 is 1.14 bits per heavy atom. The number of rotatable bonds is 6. The number of para-hydroxylation sites is 2. The maximum atomic E-state index is 12.9. The van der Waals surface area contributed by atoms with Crippen molar-refractivity contribution in [1.29, 1.82) is 0 Å². The minimum absolute atomic E-state index is 0.105. The molecule has 1 amide bonds. The zero-order chi connectivity index (χ0) is 19.5. The number of amides is 1. The quantitative estimate of drug-likeness (QED) is 0.501. The molecular weight excluding hydrogens is 386 g/mol. The van der Waals surface area contributed by atoms with Gasteiger partial charge in [0, 0.05) is 5.69 Å². The van der Waals surface area contributed by atoms with Crippen molar-refractivity contribution in [2.24, 2.45) is 0 Å². The molecule has 0 aliphatic carbocycles. The molecular formula is C18H14F2N6OS. The topological polar surface area (TPSA) is 77.6 Å². The molecule has 0 radical (unpaired) electrons. The number of carbonyl (C=O) groups excluding carboxylic acids is 1. The van der Waals surface area contributed by atoms with Crippen LogP contribution in [0.3, 0.4) is 0 Å². The van der Waals surface area contributed by atoms with E-state index in [1.807, 2.05) is 0 Å². The van der Waals surface area contributed by atoms with E-state index in [9.17, 15) is 13.6 Å². The molecule has 0 saturated heterocycles. The van der Waals surface area contributed by atoms with Crippen molar-refractivity contribution in [2.45, 2.75) is 17.5 Å². The molecule has 10 heteroatoms.